The topological polar surface area (TPSA) is 46.6 Å². The number of benzene rings is 2. The maximum absolute atomic E-state index is 12.9. The van der Waals surface area contributed by atoms with Gasteiger partial charge in [-0.1, -0.05) is 60.7 Å². The number of hydrogen-bond acceptors (Lipinski definition) is 3. The predicted molar refractivity (Wildman–Crippen MR) is 99.3 cm³/mol. The van der Waals surface area contributed by atoms with Crippen LogP contribution in [0.25, 0.3) is 11.5 Å². The molecule has 2 aromatic rings. The van der Waals surface area contributed by atoms with Crippen molar-refractivity contribution in [3.63, 3.8) is 0 Å². The number of likely N-dealkylation sites (N-methyl/N-ethyl adjacent to an activating group) is 1. The smallest absolute Gasteiger partial charge is 0.344 e. The van der Waals surface area contributed by atoms with Crippen molar-refractivity contribution < 1.29 is 14.3 Å². The number of carbonyl (C=O) groups is 2. The highest BCUT2D eigenvalue weighted by molar-refractivity contribution is 6.15. The van der Waals surface area contributed by atoms with Gasteiger partial charge in [-0.05, 0) is 24.6 Å². The standard InChI is InChI=1S/C22H17NO3/c1-2-23-19(15-9-5-3-6-10-15)13-17(21(23)24)18-14-20(26-22(18)25)16-11-7-4-8-12-16/h3-14H,2H2,1H3/b18-17+. The highest BCUT2D eigenvalue weighted by atomic mass is 16.5. The first-order valence-corrected chi connectivity index (χ1v) is 8.51. The Balaban J connectivity index is 1.81. The minimum absolute atomic E-state index is 0.177. The Labute approximate surface area is 151 Å². The lowest BCUT2D eigenvalue weighted by molar-refractivity contribution is -0.131. The third-order valence-electron chi connectivity index (χ3n) is 4.48. The Morgan fingerprint density at radius 2 is 1.42 bits per heavy atom. The monoisotopic (exact) mass is 343 g/mol. The summed E-state index contributed by atoms with van der Waals surface area (Å²) < 4.78 is 5.39. The average molecular weight is 343 g/mol. The van der Waals surface area contributed by atoms with Gasteiger partial charge in [0.05, 0.1) is 16.8 Å². The van der Waals surface area contributed by atoms with Crippen molar-refractivity contribution in [3.05, 3.63) is 95.1 Å². The van der Waals surface area contributed by atoms with Crippen molar-refractivity contribution in [3.8, 4) is 0 Å². The molecule has 4 rings (SSSR count). The molecule has 0 bridgehead atoms. The molecule has 26 heavy (non-hydrogen) atoms. The average Bonchev–Trinajstić information content (AvgIpc) is 3.23. The number of hydrogen-bond donors (Lipinski definition) is 0. The van der Waals surface area contributed by atoms with E-state index in [2.05, 4.69) is 0 Å². The van der Waals surface area contributed by atoms with Crippen molar-refractivity contribution in [2.45, 2.75) is 6.92 Å². The van der Waals surface area contributed by atoms with E-state index >= 15 is 0 Å². The Morgan fingerprint density at radius 1 is 0.808 bits per heavy atom. The van der Waals surface area contributed by atoms with E-state index in [1.807, 2.05) is 67.6 Å². The van der Waals surface area contributed by atoms with E-state index in [1.54, 1.807) is 17.1 Å². The number of nitrogens with zero attached hydrogens (tertiary/aromatic N) is 1. The van der Waals surface area contributed by atoms with Crippen LogP contribution in [-0.4, -0.2) is 23.3 Å². The molecule has 0 N–H and O–H groups in total. The second-order valence-electron chi connectivity index (χ2n) is 6.04. The van der Waals surface area contributed by atoms with Crippen LogP contribution in [0.4, 0.5) is 0 Å². The molecule has 4 nitrogen and oxygen atoms in total. The van der Waals surface area contributed by atoms with Crippen LogP contribution in [0.3, 0.4) is 0 Å². The Hall–Kier alpha value is -3.40. The summed E-state index contributed by atoms with van der Waals surface area (Å²) in [5, 5.41) is 0. The summed E-state index contributed by atoms with van der Waals surface area (Å²) in [5.74, 6) is -0.201. The summed E-state index contributed by atoms with van der Waals surface area (Å²) in [6.07, 6.45) is 3.44. The minimum Gasteiger partial charge on any atom is -0.422 e. The Kier molecular flexibility index (Phi) is 4.01. The molecule has 0 aromatic heterocycles. The van der Waals surface area contributed by atoms with E-state index in [-0.39, 0.29) is 5.91 Å². The predicted octanol–water partition coefficient (Wildman–Crippen LogP) is 3.78. The van der Waals surface area contributed by atoms with Crippen molar-refractivity contribution >= 4 is 23.3 Å². The molecule has 0 atom stereocenters. The highest BCUT2D eigenvalue weighted by Crippen LogP contribution is 2.35. The molecule has 2 heterocycles. The SMILES string of the molecule is CCN1C(=O)/C(=C2\C=C(c3ccccc3)OC2=O)C=C1c1ccccc1. The molecule has 4 heteroatoms. The van der Waals surface area contributed by atoms with E-state index in [0.717, 1.165) is 16.8 Å². The van der Waals surface area contributed by atoms with E-state index < -0.39 is 5.97 Å². The maximum Gasteiger partial charge on any atom is 0.344 e. The van der Waals surface area contributed by atoms with E-state index in [4.69, 9.17) is 4.74 Å². The zero-order valence-corrected chi connectivity index (χ0v) is 14.3. The molecular weight excluding hydrogens is 326 g/mol. The van der Waals surface area contributed by atoms with Crippen LogP contribution < -0.4 is 0 Å². The van der Waals surface area contributed by atoms with Gasteiger partial charge in [-0.2, -0.15) is 0 Å². The zero-order chi connectivity index (χ0) is 18.1. The number of amides is 1. The van der Waals surface area contributed by atoms with Crippen molar-refractivity contribution in [2.24, 2.45) is 0 Å². The summed E-state index contributed by atoms with van der Waals surface area (Å²) in [6.45, 7) is 2.45. The molecule has 0 aliphatic carbocycles. The number of rotatable bonds is 3. The molecule has 0 fully saturated rings. The van der Waals surface area contributed by atoms with Gasteiger partial charge < -0.3 is 9.64 Å². The molecule has 1 amide bonds. The fourth-order valence-electron chi connectivity index (χ4n) is 3.19. The van der Waals surface area contributed by atoms with Gasteiger partial charge in [-0.25, -0.2) is 4.79 Å². The second-order valence-corrected chi connectivity index (χ2v) is 6.04. The molecule has 0 saturated heterocycles. The molecule has 128 valence electrons. The van der Waals surface area contributed by atoms with Crippen LogP contribution in [-0.2, 0) is 14.3 Å². The first kappa shape index (κ1) is 16.1. The van der Waals surface area contributed by atoms with E-state index in [9.17, 15) is 9.59 Å². The lowest BCUT2D eigenvalue weighted by atomic mass is 10.1. The normalized spacial score (nSPS) is 19.5. The number of cyclic esters (lactones) is 1. The van der Waals surface area contributed by atoms with Gasteiger partial charge >= 0.3 is 5.97 Å². The minimum atomic E-state index is -0.492. The van der Waals surface area contributed by atoms with Crippen LogP contribution >= 0.6 is 0 Å². The summed E-state index contributed by atoms with van der Waals surface area (Å²) >= 11 is 0. The third-order valence-corrected chi connectivity index (χ3v) is 4.48. The molecule has 0 spiro atoms. The van der Waals surface area contributed by atoms with Gasteiger partial charge in [0.25, 0.3) is 5.91 Å². The molecule has 2 aromatic carbocycles. The molecule has 0 radical (unpaired) electrons. The lowest BCUT2D eigenvalue weighted by Gasteiger charge is -2.18. The van der Waals surface area contributed by atoms with Crippen molar-refractivity contribution in [1.29, 1.82) is 0 Å². The van der Waals surface area contributed by atoms with Crippen LogP contribution in [0, 0.1) is 0 Å². The van der Waals surface area contributed by atoms with Crippen LogP contribution in [0.5, 0.6) is 0 Å². The lowest BCUT2D eigenvalue weighted by Crippen LogP contribution is -2.25. The van der Waals surface area contributed by atoms with Crippen LogP contribution in [0.1, 0.15) is 18.1 Å². The number of ether oxygens (including phenoxy) is 1. The van der Waals surface area contributed by atoms with Gasteiger partial charge in [0, 0.05) is 12.1 Å². The summed E-state index contributed by atoms with van der Waals surface area (Å²) in [5.41, 5.74) is 3.23. The van der Waals surface area contributed by atoms with Gasteiger partial charge in [-0.3, -0.25) is 4.79 Å². The van der Waals surface area contributed by atoms with Crippen LogP contribution in [0.15, 0.2) is 84.0 Å². The van der Waals surface area contributed by atoms with Crippen LogP contribution in [0.2, 0.25) is 0 Å². The molecule has 0 saturated carbocycles. The van der Waals surface area contributed by atoms with E-state index in [0.29, 0.717) is 23.5 Å². The molecular formula is C22H17NO3. The van der Waals surface area contributed by atoms with Gasteiger partial charge in [0.2, 0.25) is 0 Å². The molecule has 0 unspecified atom stereocenters. The first-order valence-electron chi connectivity index (χ1n) is 8.51. The van der Waals surface area contributed by atoms with Crippen molar-refractivity contribution in [2.75, 3.05) is 6.54 Å². The summed E-state index contributed by atoms with van der Waals surface area (Å²) in [6, 6.07) is 19.1. The largest absolute Gasteiger partial charge is 0.422 e. The summed E-state index contributed by atoms with van der Waals surface area (Å²) in [7, 11) is 0. The third kappa shape index (κ3) is 2.65. The number of esters is 1. The van der Waals surface area contributed by atoms with Gasteiger partial charge in [-0.15, -0.1) is 0 Å². The van der Waals surface area contributed by atoms with Crippen molar-refractivity contribution in [1.82, 2.24) is 4.90 Å². The van der Waals surface area contributed by atoms with Gasteiger partial charge in [0.1, 0.15) is 5.76 Å². The number of carbonyl (C=O) groups excluding carboxylic acids is 2. The quantitative estimate of drug-likeness (QED) is 0.629. The highest BCUT2D eigenvalue weighted by Gasteiger charge is 2.34. The maximum atomic E-state index is 12.9. The fraction of sp³-hybridized carbons (Fsp3) is 0.0909. The Morgan fingerprint density at radius 3 is 2.04 bits per heavy atom. The Bertz CT molecular complexity index is 969. The van der Waals surface area contributed by atoms with Gasteiger partial charge in [0.15, 0.2) is 0 Å². The fourth-order valence-corrected chi connectivity index (χ4v) is 3.19. The molecule has 2 aliphatic heterocycles. The summed E-state index contributed by atoms with van der Waals surface area (Å²) in [4.78, 5) is 27.0. The second kappa shape index (κ2) is 6.48. The zero-order valence-electron chi connectivity index (χ0n) is 14.3. The molecule has 2 aliphatic rings. The first-order chi connectivity index (χ1) is 12.7. The van der Waals surface area contributed by atoms with E-state index in [1.165, 1.54) is 0 Å².